The number of aliphatic hydroxyl groups is 1. The number of carbonyl (C=O) groups excluding carboxylic acids is 7. The number of aromatic hydroxyl groups is 1. The van der Waals surface area contributed by atoms with Crippen LogP contribution in [0.5, 0.6) is 5.75 Å². The van der Waals surface area contributed by atoms with Crippen LogP contribution in [0, 0.1) is 5.92 Å². The van der Waals surface area contributed by atoms with Crippen molar-refractivity contribution >= 4 is 47.3 Å². The van der Waals surface area contributed by atoms with Gasteiger partial charge in [-0.15, -0.1) is 0 Å². The average molecular weight is 973 g/mol. The Balaban J connectivity index is 2.45. The molecule has 0 aromatic heterocycles. The quantitative estimate of drug-likeness (QED) is 0.0238. The van der Waals surface area contributed by atoms with Crippen LogP contribution in [0.4, 0.5) is 0 Å². The molecule has 23 heteroatoms. The Morgan fingerprint density at radius 3 is 1.43 bits per heavy atom. The van der Waals surface area contributed by atoms with Crippen molar-refractivity contribution in [3.8, 4) is 5.75 Å². The van der Waals surface area contributed by atoms with Crippen LogP contribution in [0.3, 0.4) is 0 Å². The lowest BCUT2D eigenvalue weighted by atomic mass is 10.0. The van der Waals surface area contributed by atoms with Gasteiger partial charge in [0.25, 0.3) is 0 Å². The van der Waals surface area contributed by atoms with Crippen LogP contribution in [0.25, 0.3) is 0 Å². The van der Waals surface area contributed by atoms with Crippen LogP contribution in [-0.2, 0) is 51.2 Å². The molecule has 0 aliphatic heterocycles. The topological polar surface area (TPSA) is 401 Å². The molecule has 0 radical (unpaired) electrons. The number of phenols is 1. The second-order valence-corrected chi connectivity index (χ2v) is 17.2. The summed E-state index contributed by atoms with van der Waals surface area (Å²) in [6.45, 7) is 5.04. The van der Waals surface area contributed by atoms with E-state index in [1.165, 1.54) is 31.2 Å². The Morgan fingerprint density at radius 2 is 0.971 bits per heavy atom. The van der Waals surface area contributed by atoms with Gasteiger partial charge in [0.2, 0.25) is 41.4 Å². The fourth-order valence-electron chi connectivity index (χ4n) is 7.13. The van der Waals surface area contributed by atoms with E-state index in [0.717, 1.165) is 0 Å². The standard InChI is InChI=1S/C46H74N12O11/c1-27(2)38(52-28(3)60)44(67)54-33(16-11-23-51-46(49)50)40(63)58-37(26-59)43(66)53-32(14-7-9-21-47)39(62)56-36(25-30-17-19-31(61)20-18-30)42(65)57-35(24-29-12-5-4-6-13-29)41(64)55-34(45(68)69)15-8-10-22-48/h4-6,12-13,17-20,27,32-38,46,51,59,61H,7-11,14-16,21-26,47-50H2,1-3H3,(H,52,60)(H,53,66)(H,54,67)(H,55,64)(H,56,62)(H,57,65)(H,58,63)(H,68,69)/p+2/t32-,33-,34-,35-,36-,37-,38-/m0/s1. The SMILES string of the molecule is CC(=O)N[C@H](C(=O)N[C@@H](CCCNC(N)N)C(=O)N[C@@H](CO)C(=O)N[C@@H](CCCC[NH3+])C(=O)N[C@@H](Cc1ccc(O)cc1)C(=O)N[C@@H](Cc1ccccc1)C(=O)N[C@@H](CCCC[NH3+])C(=O)O)C(C)C. The van der Waals surface area contributed by atoms with Crippen molar-refractivity contribution in [2.24, 2.45) is 17.4 Å². The van der Waals surface area contributed by atoms with E-state index in [-0.39, 0.29) is 56.7 Å². The highest BCUT2D eigenvalue weighted by Crippen LogP contribution is 2.14. The van der Waals surface area contributed by atoms with E-state index in [4.69, 9.17) is 11.5 Å². The number of quaternary nitrogens is 2. The zero-order valence-corrected chi connectivity index (χ0v) is 40.0. The first-order valence-electron chi connectivity index (χ1n) is 23.4. The molecular weight excluding hydrogens is 897 g/mol. The van der Waals surface area contributed by atoms with E-state index in [1.807, 2.05) is 0 Å². The molecule has 0 heterocycles. The number of nitrogens with one attached hydrogen (secondary N) is 8. The van der Waals surface area contributed by atoms with Gasteiger partial charge in [0.15, 0.2) is 0 Å². The second-order valence-electron chi connectivity index (χ2n) is 17.2. The molecule has 0 saturated carbocycles. The minimum Gasteiger partial charge on any atom is -0.508 e. The third kappa shape index (κ3) is 22.6. The molecular formula is C46H76N12O11+2. The summed E-state index contributed by atoms with van der Waals surface area (Å²) in [7, 11) is 0. The number of aliphatic hydroxyl groups excluding tert-OH is 1. The lowest BCUT2D eigenvalue weighted by molar-refractivity contribution is -0.368. The van der Waals surface area contributed by atoms with Gasteiger partial charge in [-0.2, -0.15) is 0 Å². The number of unbranched alkanes of at least 4 members (excludes halogenated alkanes) is 2. The van der Waals surface area contributed by atoms with Crippen LogP contribution in [0.15, 0.2) is 54.6 Å². The Morgan fingerprint density at radius 1 is 0.551 bits per heavy atom. The molecule has 0 unspecified atom stereocenters. The van der Waals surface area contributed by atoms with Crippen molar-refractivity contribution in [1.29, 1.82) is 0 Å². The summed E-state index contributed by atoms with van der Waals surface area (Å²) in [6.07, 6.45) is 1.45. The Bertz CT molecular complexity index is 1940. The highest BCUT2D eigenvalue weighted by Gasteiger charge is 2.34. The predicted molar refractivity (Wildman–Crippen MR) is 253 cm³/mol. The molecule has 23 nitrogen and oxygen atoms in total. The highest BCUT2D eigenvalue weighted by atomic mass is 16.4. The summed E-state index contributed by atoms with van der Waals surface area (Å²) in [4.78, 5) is 107. The number of rotatable bonds is 33. The number of hydrogen-bond donors (Lipinski definition) is 15. The van der Waals surface area contributed by atoms with Gasteiger partial charge >= 0.3 is 5.97 Å². The molecule has 21 N–H and O–H groups in total. The fourth-order valence-corrected chi connectivity index (χ4v) is 7.13. The molecule has 0 bridgehead atoms. The maximum atomic E-state index is 14.3. The number of phenolic OH excluding ortho intramolecular Hbond substituents is 1. The molecule has 69 heavy (non-hydrogen) atoms. The van der Waals surface area contributed by atoms with Gasteiger partial charge in [-0.3, -0.25) is 38.9 Å². The van der Waals surface area contributed by atoms with E-state index in [1.54, 1.807) is 44.2 Å². The van der Waals surface area contributed by atoms with Crippen molar-refractivity contribution in [1.82, 2.24) is 42.5 Å². The molecule has 7 amide bonds. The lowest BCUT2D eigenvalue weighted by Gasteiger charge is -2.28. The molecule has 0 fully saturated rings. The number of hydrogen-bond acceptors (Lipinski definition) is 13. The predicted octanol–water partition coefficient (Wildman–Crippen LogP) is -4.28. The Kier molecular flexibility index (Phi) is 27.1. The van der Waals surface area contributed by atoms with Gasteiger partial charge < -0.3 is 75.5 Å². The van der Waals surface area contributed by atoms with E-state index < -0.39 is 103 Å². The van der Waals surface area contributed by atoms with Crippen molar-refractivity contribution in [3.05, 3.63) is 65.7 Å². The molecule has 384 valence electrons. The molecule has 2 aromatic carbocycles. The minimum absolute atomic E-state index is 0.0212. The fraction of sp³-hybridized carbons (Fsp3) is 0.565. The second kappa shape index (κ2) is 31.7. The van der Waals surface area contributed by atoms with E-state index in [9.17, 15) is 53.7 Å². The first kappa shape index (κ1) is 58.9. The third-order valence-corrected chi connectivity index (χ3v) is 11.0. The summed E-state index contributed by atoms with van der Waals surface area (Å²) < 4.78 is 0. The van der Waals surface area contributed by atoms with Crippen molar-refractivity contribution in [2.75, 3.05) is 26.2 Å². The largest absolute Gasteiger partial charge is 0.508 e. The summed E-state index contributed by atoms with van der Waals surface area (Å²) in [5.74, 6) is -7.07. The third-order valence-electron chi connectivity index (χ3n) is 11.0. The summed E-state index contributed by atoms with van der Waals surface area (Å²) in [5, 5.41) is 51.2. The van der Waals surface area contributed by atoms with Gasteiger partial charge in [-0.25, -0.2) is 4.79 Å². The number of amides is 7. The zero-order chi connectivity index (χ0) is 51.5. The molecule has 0 aliphatic rings. The van der Waals surface area contributed by atoms with Crippen LogP contribution >= 0.6 is 0 Å². The summed E-state index contributed by atoms with van der Waals surface area (Å²) >= 11 is 0. The smallest absolute Gasteiger partial charge is 0.326 e. The monoisotopic (exact) mass is 973 g/mol. The lowest BCUT2D eigenvalue weighted by Crippen LogP contribution is -2.61. The molecule has 2 rings (SSSR count). The average Bonchev–Trinajstić information content (AvgIpc) is 3.30. The van der Waals surface area contributed by atoms with Gasteiger partial charge in [-0.05, 0) is 87.1 Å². The van der Waals surface area contributed by atoms with Crippen LogP contribution < -0.4 is 65.5 Å². The molecule has 7 atom stereocenters. The van der Waals surface area contributed by atoms with Crippen molar-refractivity contribution in [3.63, 3.8) is 0 Å². The van der Waals surface area contributed by atoms with Crippen LogP contribution in [-0.4, -0.2) is 137 Å². The van der Waals surface area contributed by atoms with E-state index in [0.29, 0.717) is 49.9 Å². The van der Waals surface area contributed by atoms with Crippen molar-refractivity contribution < 1.29 is 65.1 Å². The van der Waals surface area contributed by atoms with Crippen molar-refractivity contribution in [2.45, 2.75) is 134 Å². The first-order chi connectivity index (χ1) is 32.8. The summed E-state index contributed by atoms with van der Waals surface area (Å²) in [6, 6.07) is 5.35. The van der Waals surface area contributed by atoms with E-state index >= 15 is 0 Å². The van der Waals surface area contributed by atoms with Crippen LogP contribution in [0.1, 0.15) is 83.3 Å². The van der Waals surface area contributed by atoms with Crippen LogP contribution in [0.2, 0.25) is 0 Å². The number of carbonyl (C=O) groups is 8. The molecule has 2 aromatic rings. The number of carboxylic acids is 1. The minimum atomic E-state index is -1.63. The number of nitrogens with two attached hydrogens (primary N) is 2. The maximum Gasteiger partial charge on any atom is 0.326 e. The number of benzene rings is 2. The Hall–Kier alpha value is -6.24. The maximum absolute atomic E-state index is 14.3. The summed E-state index contributed by atoms with van der Waals surface area (Å²) in [5.41, 5.74) is 19.9. The van der Waals surface area contributed by atoms with Gasteiger partial charge in [0, 0.05) is 19.8 Å². The van der Waals surface area contributed by atoms with Gasteiger partial charge in [0.05, 0.1) is 19.7 Å². The number of aliphatic carboxylic acids is 1. The van der Waals surface area contributed by atoms with Gasteiger partial charge in [0.1, 0.15) is 54.3 Å². The zero-order valence-electron chi connectivity index (χ0n) is 40.0. The van der Waals surface area contributed by atoms with E-state index in [2.05, 4.69) is 54.0 Å². The molecule has 0 aliphatic carbocycles. The molecule has 0 saturated heterocycles. The van der Waals surface area contributed by atoms with Gasteiger partial charge in [-0.1, -0.05) is 56.3 Å². The Labute approximate surface area is 402 Å². The molecule has 0 spiro atoms. The first-order valence-corrected chi connectivity index (χ1v) is 23.4. The number of carboxylic acid groups (broad SMARTS) is 1. The highest BCUT2D eigenvalue weighted by molar-refractivity contribution is 5.97. The normalized spacial score (nSPS) is 14.2.